The van der Waals surface area contributed by atoms with Crippen molar-refractivity contribution in [1.82, 2.24) is 0 Å². The van der Waals surface area contributed by atoms with Crippen LogP contribution >= 0.6 is 0 Å². The molecule has 1 heterocycles. The molecule has 0 aliphatic carbocycles. The van der Waals surface area contributed by atoms with Crippen LogP contribution in [0.25, 0.3) is 0 Å². The predicted molar refractivity (Wildman–Crippen MR) is 81.3 cm³/mol. The van der Waals surface area contributed by atoms with Crippen molar-refractivity contribution in [2.45, 2.75) is 45.3 Å². The zero-order chi connectivity index (χ0) is 15.7. The summed E-state index contributed by atoms with van der Waals surface area (Å²) in [5, 5.41) is 8.54. The Balaban J connectivity index is 2.10. The Kier molecular flexibility index (Phi) is 4.13. The van der Waals surface area contributed by atoms with E-state index in [0.717, 1.165) is 11.0 Å². The first kappa shape index (κ1) is 15.6. The third-order valence-electron chi connectivity index (χ3n) is 3.91. The molecule has 0 spiro atoms. The fourth-order valence-electron chi connectivity index (χ4n) is 1.92. The zero-order valence-corrected chi connectivity index (χ0v) is 12.8. The standard InChI is InChI=1S/C16H19BO4/c1-15(2)16(3,4)21-17(20-15)13-10-8-12(9-11-13)6-5-7-14(18)19/h8-11H,7H2,1-4H3,(H,18,19). The van der Waals surface area contributed by atoms with Crippen molar-refractivity contribution in [3.05, 3.63) is 29.8 Å². The van der Waals surface area contributed by atoms with Gasteiger partial charge in [-0.2, -0.15) is 0 Å². The maximum atomic E-state index is 10.4. The van der Waals surface area contributed by atoms with Crippen LogP contribution in [0.4, 0.5) is 0 Å². The first-order valence-electron chi connectivity index (χ1n) is 6.87. The van der Waals surface area contributed by atoms with Crippen LogP contribution in [0.1, 0.15) is 39.7 Å². The van der Waals surface area contributed by atoms with E-state index in [1.54, 1.807) is 0 Å². The van der Waals surface area contributed by atoms with E-state index in [-0.39, 0.29) is 17.6 Å². The Hall–Kier alpha value is -1.77. The highest BCUT2D eigenvalue weighted by atomic mass is 16.7. The Labute approximate surface area is 125 Å². The summed E-state index contributed by atoms with van der Waals surface area (Å²) in [6.07, 6.45) is -0.154. The minimum Gasteiger partial charge on any atom is -0.481 e. The van der Waals surface area contributed by atoms with Crippen LogP contribution in [-0.2, 0) is 14.1 Å². The first-order valence-corrected chi connectivity index (χ1v) is 6.87. The van der Waals surface area contributed by atoms with Crippen LogP contribution in [0.3, 0.4) is 0 Å². The molecule has 1 fully saturated rings. The number of carbonyl (C=O) groups is 1. The summed E-state index contributed by atoms with van der Waals surface area (Å²) in [6.45, 7) is 8.05. The highest BCUT2D eigenvalue weighted by Crippen LogP contribution is 2.36. The lowest BCUT2D eigenvalue weighted by atomic mass is 9.79. The fourth-order valence-corrected chi connectivity index (χ4v) is 1.92. The average Bonchev–Trinajstić information content (AvgIpc) is 2.59. The van der Waals surface area contributed by atoms with Crippen molar-refractivity contribution in [2.24, 2.45) is 0 Å². The molecule has 0 unspecified atom stereocenters. The number of aliphatic carboxylic acids is 1. The van der Waals surface area contributed by atoms with Crippen molar-refractivity contribution in [1.29, 1.82) is 0 Å². The lowest BCUT2D eigenvalue weighted by Gasteiger charge is -2.32. The molecule has 1 aromatic carbocycles. The van der Waals surface area contributed by atoms with Gasteiger partial charge in [0.15, 0.2) is 0 Å². The number of carboxylic acid groups (broad SMARTS) is 1. The number of carboxylic acids is 1. The second kappa shape index (κ2) is 5.55. The lowest BCUT2D eigenvalue weighted by molar-refractivity contribution is -0.135. The number of rotatable bonds is 2. The summed E-state index contributed by atoms with van der Waals surface area (Å²) in [7, 11) is -0.393. The van der Waals surface area contributed by atoms with E-state index in [1.807, 2.05) is 52.0 Å². The zero-order valence-electron chi connectivity index (χ0n) is 12.8. The molecule has 21 heavy (non-hydrogen) atoms. The molecule has 0 aromatic heterocycles. The third kappa shape index (κ3) is 3.47. The Morgan fingerprint density at radius 3 is 2.14 bits per heavy atom. The van der Waals surface area contributed by atoms with E-state index < -0.39 is 13.1 Å². The van der Waals surface area contributed by atoms with Gasteiger partial charge in [0.2, 0.25) is 0 Å². The molecule has 0 bridgehead atoms. The third-order valence-corrected chi connectivity index (χ3v) is 3.91. The van der Waals surface area contributed by atoms with Crippen LogP contribution in [0, 0.1) is 11.8 Å². The van der Waals surface area contributed by atoms with Crippen LogP contribution in [-0.4, -0.2) is 29.4 Å². The van der Waals surface area contributed by atoms with Gasteiger partial charge in [0.25, 0.3) is 0 Å². The molecule has 5 heteroatoms. The Bertz CT molecular complexity index is 577. The van der Waals surface area contributed by atoms with Crippen molar-refractivity contribution in [2.75, 3.05) is 0 Å². The lowest BCUT2D eigenvalue weighted by Crippen LogP contribution is -2.41. The summed E-state index contributed by atoms with van der Waals surface area (Å²) in [6, 6.07) is 7.48. The van der Waals surface area contributed by atoms with Crippen molar-refractivity contribution in [3.8, 4) is 11.8 Å². The smallest absolute Gasteiger partial charge is 0.481 e. The number of hydrogen-bond acceptors (Lipinski definition) is 3. The van der Waals surface area contributed by atoms with Gasteiger partial charge in [0, 0.05) is 5.56 Å². The molecule has 110 valence electrons. The van der Waals surface area contributed by atoms with Crippen LogP contribution in [0.15, 0.2) is 24.3 Å². The minimum absolute atomic E-state index is 0.154. The summed E-state index contributed by atoms with van der Waals surface area (Å²) in [5.74, 6) is 4.50. The van der Waals surface area contributed by atoms with E-state index in [2.05, 4.69) is 11.8 Å². The minimum atomic E-state index is -0.920. The van der Waals surface area contributed by atoms with E-state index >= 15 is 0 Å². The molecule has 1 saturated heterocycles. The van der Waals surface area contributed by atoms with Crippen molar-refractivity contribution in [3.63, 3.8) is 0 Å². The van der Waals surface area contributed by atoms with Gasteiger partial charge in [-0.3, -0.25) is 4.79 Å². The molecule has 0 amide bonds. The van der Waals surface area contributed by atoms with E-state index in [0.29, 0.717) is 0 Å². The number of hydrogen-bond donors (Lipinski definition) is 1. The second-order valence-corrected chi connectivity index (χ2v) is 6.08. The summed E-state index contributed by atoms with van der Waals surface area (Å²) >= 11 is 0. The van der Waals surface area contributed by atoms with Gasteiger partial charge in [-0.1, -0.05) is 24.0 Å². The summed E-state index contributed by atoms with van der Waals surface area (Å²) < 4.78 is 11.9. The van der Waals surface area contributed by atoms with Gasteiger partial charge >= 0.3 is 13.1 Å². The molecule has 0 radical (unpaired) electrons. The van der Waals surface area contributed by atoms with E-state index in [4.69, 9.17) is 14.4 Å². The monoisotopic (exact) mass is 286 g/mol. The first-order chi connectivity index (χ1) is 9.71. The van der Waals surface area contributed by atoms with Gasteiger partial charge < -0.3 is 14.4 Å². The Morgan fingerprint density at radius 2 is 1.67 bits per heavy atom. The molecule has 4 nitrogen and oxygen atoms in total. The topological polar surface area (TPSA) is 55.8 Å². The normalized spacial score (nSPS) is 19.0. The van der Waals surface area contributed by atoms with E-state index in [9.17, 15) is 4.79 Å². The summed E-state index contributed by atoms with van der Waals surface area (Å²) in [4.78, 5) is 10.4. The highest BCUT2D eigenvalue weighted by molar-refractivity contribution is 6.62. The largest absolute Gasteiger partial charge is 0.494 e. The molecule has 2 rings (SSSR count). The van der Waals surface area contributed by atoms with Crippen molar-refractivity contribution < 1.29 is 19.2 Å². The molecular formula is C16H19BO4. The highest BCUT2D eigenvalue weighted by Gasteiger charge is 2.51. The summed E-state index contributed by atoms with van der Waals surface area (Å²) in [5.41, 5.74) is 0.976. The van der Waals surface area contributed by atoms with Crippen molar-refractivity contribution >= 4 is 18.6 Å². The molecule has 1 aromatic rings. The van der Waals surface area contributed by atoms with E-state index in [1.165, 1.54) is 0 Å². The van der Waals surface area contributed by atoms with Crippen LogP contribution in [0.2, 0.25) is 0 Å². The second-order valence-electron chi connectivity index (χ2n) is 6.08. The van der Waals surface area contributed by atoms with Crippen LogP contribution in [0.5, 0.6) is 0 Å². The molecule has 1 N–H and O–H groups in total. The van der Waals surface area contributed by atoms with Gasteiger partial charge in [-0.05, 0) is 45.3 Å². The van der Waals surface area contributed by atoms with Gasteiger partial charge in [0.05, 0.1) is 11.2 Å². The number of benzene rings is 1. The molecule has 0 saturated carbocycles. The predicted octanol–water partition coefficient (Wildman–Crippen LogP) is 1.81. The molecule has 1 aliphatic heterocycles. The fraction of sp³-hybridized carbons (Fsp3) is 0.438. The quantitative estimate of drug-likeness (QED) is 0.665. The Morgan fingerprint density at radius 1 is 1.14 bits per heavy atom. The van der Waals surface area contributed by atoms with Crippen LogP contribution < -0.4 is 5.46 Å². The molecule has 0 atom stereocenters. The SMILES string of the molecule is CC1(C)OB(c2ccc(C#CCC(=O)O)cc2)OC1(C)C. The van der Waals surface area contributed by atoms with Gasteiger partial charge in [-0.15, -0.1) is 0 Å². The maximum absolute atomic E-state index is 10.4. The average molecular weight is 286 g/mol. The maximum Gasteiger partial charge on any atom is 0.494 e. The molecule has 1 aliphatic rings. The van der Waals surface area contributed by atoms with Gasteiger partial charge in [0.1, 0.15) is 6.42 Å². The van der Waals surface area contributed by atoms with Gasteiger partial charge in [-0.25, -0.2) is 0 Å². The molecular weight excluding hydrogens is 267 g/mol.